The molecule has 0 heterocycles. The van der Waals surface area contributed by atoms with Crippen molar-refractivity contribution < 1.29 is 4.74 Å². The molecule has 1 saturated carbocycles. The lowest BCUT2D eigenvalue weighted by Gasteiger charge is -2.35. The molecule has 1 aliphatic rings. The van der Waals surface area contributed by atoms with Crippen LogP contribution in [-0.2, 0) is 4.74 Å². The van der Waals surface area contributed by atoms with Gasteiger partial charge in [-0.3, -0.25) is 0 Å². The van der Waals surface area contributed by atoms with Gasteiger partial charge >= 0.3 is 0 Å². The smallest absolute Gasteiger partial charge is 0.0802 e. The Morgan fingerprint density at radius 3 is 2.42 bits per heavy atom. The average molecular weight is 171 g/mol. The van der Waals surface area contributed by atoms with Crippen molar-refractivity contribution in [1.29, 1.82) is 0 Å². The molecule has 0 aromatic rings. The van der Waals surface area contributed by atoms with Gasteiger partial charge in [-0.15, -0.1) is 0 Å². The number of rotatable bonds is 5. The van der Waals surface area contributed by atoms with E-state index in [0.29, 0.717) is 6.04 Å². The minimum atomic E-state index is 0.0237. The molecule has 2 heteroatoms. The summed E-state index contributed by atoms with van der Waals surface area (Å²) in [5.41, 5.74) is 0.0237. The fourth-order valence-electron chi connectivity index (χ4n) is 1.96. The summed E-state index contributed by atoms with van der Waals surface area (Å²) in [5.74, 6) is 0.847. The predicted octanol–water partition coefficient (Wildman–Crippen LogP) is 1.80. The first-order valence-corrected chi connectivity index (χ1v) is 4.90. The zero-order chi connectivity index (χ0) is 9.19. The van der Waals surface area contributed by atoms with E-state index in [1.54, 1.807) is 0 Å². The average Bonchev–Trinajstić information content (AvgIpc) is 2.89. The third kappa shape index (κ3) is 1.80. The van der Waals surface area contributed by atoms with Crippen LogP contribution in [0.15, 0.2) is 0 Å². The summed E-state index contributed by atoms with van der Waals surface area (Å²) in [6, 6.07) is 0.535. The molecule has 0 bridgehead atoms. The van der Waals surface area contributed by atoms with Gasteiger partial charge in [0.2, 0.25) is 0 Å². The first-order valence-electron chi connectivity index (χ1n) is 4.90. The number of hydrogen-bond acceptors (Lipinski definition) is 2. The fraction of sp³-hybridized carbons (Fsp3) is 1.00. The van der Waals surface area contributed by atoms with E-state index < -0.39 is 0 Å². The van der Waals surface area contributed by atoms with Crippen molar-refractivity contribution in [3.8, 4) is 0 Å². The molecule has 0 aromatic heterocycles. The summed E-state index contributed by atoms with van der Waals surface area (Å²) in [7, 11) is 3.85. The molecule has 1 aliphatic carbocycles. The number of likely N-dealkylation sites (N-methyl/N-ethyl adjacent to an activating group) is 1. The standard InChI is InChI=1S/C10H21NO/c1-5-10(2,12-4)9(11-3)8-6-7-8/h8-9,11H,5-7H2,1-4H3. The molecule has 2 nitrogen and oxygen atoms in total. The van der Waals surface area contributed by atoms with Crippen LogP contribution in [0.25, 0.3) is 0 Å². The SMILES string of the molecule is CCC(C)(OC)C(NC)C1CC1. The number of nitrogens with one attached hydrogen (secondary N) is 1. The maximum absolute atomic E-state index is 5.58. The number of methoxy groups -OCH3 is 1. The quantitative estimate of drug-likeness (QED) is 0.681. The first-order chi connectivity index (χ1) is 5.68. The molecular formula is C10H21NO. The van der Waals surface area contributed by atoms with Gasteiger partial charge in [-0.1, -0.05) is 6.92 Å². The summed E-state index contributed by atoms with van der Waals surface area (Å²) in [5, 5.41) is 3.38. The maximum atomic E-state index is 5.58. The second-order valence-corrected chi connectivity index (χ2v) is 3.97. The fourth-order valence-corrected chi connectivity index (χ4v) is 1.96. The maximum Gasteiger partial charge on any atom is 0.0802 e. The molecule has 0 saturated heterocycles. The summed E-state index contributed by atoms with van der Waals surface area (Å²) in [4.78, 5) is 0. The minimum absolute atomic E-state index is 0.0237. The second-order valence-electron chi connectivity index (χ2n) is 3.97. The van der Waals surface area contributed by atoms with Gasteiger partial charge in [0.15, 0.2) is 0 Å². The highest BCUT2D eigenvalue weighted by Crippen LogP contribution is 2.39. The van der Waals surface area contributed by atoms with Gasteiger partial charge in [-0.25, -0.2) is 0 Å². The minimum Gasteiger partial charge on any atom is -0.377 e. The number of ether oxygens (including phenoxy) is 1. The third-order valence-corrected chi connectivity index (χ3v) is 3.23. The van der Waals surface area contributed by atoms with Gasteiger partial charge in [-0.2, -0.15) is 0 Å². The van der Waals surface area contributed by atoms with Crippen LogP contribution in [0.1, 0.15) is 33.1 Å². The van der Waals surface area contributed by atoms with Crippen molar-refractivity contribution in [2.45, 2.75) is 44.8 Å². The topological polar surface area (TPSA) is 21.3 Å². The monoisotopic (exact) mass is 171 g/mol. The molecule has 2 unspecified atom stereocenters. The molecule has 0 spiro atoms. The van der Waals surface area contributed by atoms with E-state index in [-0.39, 0.29) is 5.60 Å². The Hall–Kier alpha value is -0.0800. The summed E-state index contributed by atoms with van der Waals surface area (Å²) in [6.45, 7) is 4.39. The van der Waals surface area contributed by atoms with E-state index in [4.69, 9.17) is 4.74 Å². The van der Waals surface area contributed by atoms with Crippen molar-refractivity contribution >= 4 is 0 Å². The van der Waals surface area contributed by atoms with E-state index in [9.17, 15) is 0 Å². The molecular weight excluding hydrogens is 150 g/mol. The predicted molar refractivity (Wildman–Crippen MR) is 51.3 cm³/mol. The Kier molecular flexibility index (Phi) is 3.13. The summed E-state index contributed by atoms with van der Waals surface area (Å²) < 4.78 is 5.58. The molecule has 72 valence electrons. The Labute approximate surface area is 75.7 Å². The van der Waals surface area contributed by atoms with Crippen LogP contribution in [-0.4, -0.2) is 25.8 Å². The van der Waals surface area contributed by atoms with E-state index in [1.807, 2.05) is 14.2 Å². The van der Waals surface area contributed by atoms with Crippen LogP contribution in [0.4, 0.5) is 0 Å². The lowest BCUT2D eigenvalue weighted by atomic mass is 9.90. The van der Waals surface area contributed by atoms with Gasteiger partial charge < -0.3 is 10.1 Å². The summed E-state index contributed by atoms with van der Waals surface area (Å²) >= 11 is 0. The van der Waals surface area contributed by atoms with Crippen LogP contribution >= 0.6 is 0 Å². The lowest BCUT2D eigenvalue weighted by Crippen LogP contribution is -2.49. The zero-order valence-electron chi connectivity index (χ0n) is 8.68. The van der Waals surface area contributed by atoms with Crippen molar-refractivity contribution in [1.82, 2.24) is 5.32 Å². The largest absolute Gasteiger partial charge is 0.377 e. The van der Waals surface area contributed by atoms with E-state index in [0.717, 1.165) is 12.3 Å². The van der Waals surface area contributed by atoms with Crippen LogP contribution < -0.4 is 5.32 Å². The summed E-state index contributed by atoms with van der Waals surface area (Å²) in [6.07, 6.45) is 3.81. The molecule has 1 N–H and O–H groups in total. The van der Waals surface area contributed by atoms with Crippen LogP contribution in [0.2, 0.25) is 0 Å². The van der Waals surface area contributed by atoms with Gasteiger partial charge in [0, 0.05) is 13.2 Å². The van der Waals surface area contributed by atoms with Crippen molar-refractivity contribution in [2.75, 3.05) is 14.2 Å². The van der Waals surface area contributed by atoms with Crippen LogP contribution in [0, 0.1) is 5.92 Å². The molecule has 0 amide bonds. The van der Waals surface area contributed by atoms with Gasteiger partial charge in [0.05, 0.1) is 5.60 Å². The molecule has 1 rings (SSSR count). The Morgan fingerprint density at radius 1 is 1.58 bits per heavy atom. The Balaban J connectivity index is 2.59. The van der Waals surface area contributed by atoms with Crippen molar-refractivity contribution in [3.05, 3.63) is 0 Å². The zero-order valence-corrected chi connectivity index (χ0v) is 8.68. The Morgan fingerprint density at radius 2 is 2.17 bits per heavy atom. The second kappa shape index (κ2) is 3.75. The molecule has 0 radical (unpaired) electrons. The Bertz CT molecular complexity index is 139. The molecule has 2 atom stereocenters. The first kappa shape index (κ1) is 10.0. The number of hydrogen-bond donors (Lipinski definition) is 1. The molecule has 12 heavy (non-hydrogen) atoms. The highest BCUT2D eigenvalue weighted by atomic mass is 16.5. The van der Waals surface area contributed by atoms with E-state index >= 15 is 0 Å². The van der Waals surface area contributed by atoms with Gasteiger partial charge in [0.25, 0.3) is 0 Å². The lowest BCUT2D eigenvalue weighted by molar-refractivity contribution is -0.0329. The van der Waals surface area contributed by atoms with Gasteiger partial charge in [0.1, 0.15) is 0 Å². The highest BCUT2D eigenvalue weighted by molar-refractivity contribution is 4.97. The van der Waals surface area contributed by atoms with Crippen molar-refractivity contribution in [3.63, 3.8) is 0 Å². The van der Waals surface area contributed by atoms with Crippen molar-refractivity contribution in [2.24, 2.45) is 5.92 Å². The van der Waals surface area contributed by atoms with Gasteiger partial charge in [-0.05, 0) is 39.2 Å². The third-order valence-electron chi connectivity index (χ3n) is 3.23. The molecule has 0 aromatic carbocycles. The van der Waals surface area contributed by atoms with E-state index in [2.05, 4.69) is 19.2 Å². The molecule has 0 aliphatic heterocycles. The van der Waals surface area contributed by atoms with Crippen LogP contribution in [0.5, 0.6) is 0 Å². The highest BCUT2D eigenvalue weighted by Gasteiger charge is 2.42. The normalized spacial score (nSPS) is 25.0. The van der Waals surface area contributed by atoms with Crippen LogP contribution in [0.3, 0.4) is 0 Å². The molecule has 1 fully saturated rings. The van der Waals surface area contributed by atoms with E-state index in [1.165, 1.54) is 12.8 Å².